The molecule has 1 aromatic heterocycles. The van der Waals surface area contributed by atoms with Gasteiger partial charge in [-0.05, 0) is 75.3 Å². The number of carboxylic acids is 1. The van der Waals surface area contributed by atoms with E-state index in [9.17, 15) is 14.7 Å². The molecule has 6 nitrogen and oxygen atoms in total. The summed E-state index contributed by atoms with van der Waals surface area (Å²) in [5.74, 6) is -0.671. The second kappa shape index (κ2) is 8.66. The monoisotopic (exact) mass is 429 g/mol. The van der Waals surface area contributed by atoms with Crippen LogP contribution in [0.2, 0.25) is 0 Å². The van der Waals surface area contributed by atoms with Crippen molar-refractivity contribution in [2.75, 3.05) is 11.4 Å². The van der Waals surface area contributed by atoms with Crippen LogP contribution in [0, 0.1) is 19.8 Å². The lowest BCUT2D eigenvalue weighted by atomic mass is 9.86. The Morgan fingerprint density at radius 3 is 2.53 bits per heavy atom. The molecule has 1 aliphatic heterocycles. The van der Waals surface area contributed by atoms with Gasteiger partial charge < -0.3 is 20.7 Å². The standard InChI is InChI=1S/C23H27N3O3.ClH/c1-13-9-14(2)25-20(13)11-19-18-8-5-16(23(28)29)10-21(18)26(22(19)27)12-15-3-6-17(24)7-4-15;/h5,8-11,15,17,25H,3-4,6-7,12,24H2,1-2H3,(H,28,29);1H/b19-11-;. The molecule has 0 radical (unpaired) electrons. The van der Waals surface area contributed by atoms with E-state index in [1.54, 1.807) is 23.1 Å². The summed E-state index contributed by atoms with van der Waals surface area (Å²) in [6.45, 7) is 4.59. The van der Waals surface area contributed by atoms with Gasteiger partial charge in [0.2, 0.25) is 0 Å². The van der Waals surface area contributed by atoms with E-state index >= 15 is 0 Å². The average molecular weight is 430 g/mol. The number of amides is 1. The zero-order valence-electron chi connectivity index (χ0n) is 17.3. The maximum Gasteiger partial charge on any atom is 0.335 e. The van der Waals surface area contributed by atoms with Gasteiger partial charge in [0.25, 0.3) is 5.91 Å². The first-order chi connectivity index (χ1) is 13.8. The first kappa shape index (κ1) is 22.1. The zero-order valence-corrected chi connectivity index (χ0v) is 18.1. The van der Waals surface area contributed by atoms with Gasteiger partial charge in [-0.1, -0.05) is 6.07 Å². The number of hydrogen-bond acceptors (Lipinski definition) is 3. The summed E-state index contributed by atoms with van der Waals surface area (Å²) in [7, 11) is 0. The number of aromatic carboxylic acids is 1. The Kier molecular flexibility index (Phi) is 6.38. The summed E-state index contributed by atoms with van der Waals surface area (Å²) < 4.78 is 0. The Labute approximate surface area is 182 Å². The van der Waals surface area contributed by atoms with Crippen molar-refractivity contribution >= 4 is 41.6 Å². The van der Waals surface area contributed by atoms with Gasteiger partial charge in [-0.3, -0.25) is 4.79 Å². The third kappa shape index (κ3) is 4.16. The molecule has 4 rings (SSSR count). The normalized spacial score (nSPS) is 22.2. The van der Waals surface area contributed by atoms with Crippen LogP contribution in [0.5, 0.6) is 0 Å². The number of carbonyl (C=O) groups excluding carboxylic acids is 1. The molecular formula is C23H28ClN3O3. The first-order valence-electron chi connectivity index (χ1n) is 10.2. The molecule has 2 aromatic rings. The molecule has 0 saturated heterocycles. The van der Waals surface area contributed by atoms with E-state index in [4.69, 9.17) is 5.73 Å². The zero-order chi connectivity index (χ0) is 20.7. The number of H-pyrrole nitrogens is 1. The number of anilines is 1. The highest BCUT2D eigenvalue weighted by Gasteiger charge is 2.35. The lowest BCUT2D eigenvalue weighted by molar-refractivity contribution is -0.113. The number of nitrogens with zero attached hydrogens (tertiary/aromatic N) is 1. The van der Waals surface area contributed by atoms with E-state index in [1.165, 1.54) is 0 Å². The molecular weight excluding hydrogens is 402 g/mol. The van der Waals surface area contributed by atoms with Crippen LogP contribution in [0.1, 0.15) is 58.6 Å². The van der Waals surface area contributed by atoms with Crippen LogP contribution in [-0.2, 0) is 4.79 Å². The highest BCUT2D eigenvalue weighted by molar-refractivity contribution is 6.36. The Balaban J connectivity index is 0.00000256. The first-order valence-corrected chi connectivity index (χ1v) is 10.2. The number of aromatic amines is 1. The van der Waals surface area contributed by atoms with E-state index in [0.29, 0.717) is 23.7 Å². The van der Waals surface area contributed by atoms with Crippen LogP contribution in [0.25, 0.3) is 11.6 Å². The molecule has 7 heteroatoms. The molecule has 1 saturated carbocycles. The van der Waals surface area contributed by atoms with Crippen LogP contribution < -0.4 is 10.6 Å². The molecule has 0 spiro atoms. The van der Waals surface area contributed by atoms with Gasteiger partial charge in [0, 0.05) is 29.5 Å². The van der Waals surface area contributed by atoms with Crippen molar-refractivity contribution in [3.63, 3.8) is 0 Å². The van der Waals surface area contributed by atoms with Gasteiger partial charge in [0.1, 0.15) is 0 Å². The lowest BCUT2D eigenvalue weighted by Gasteiger charge is -2.29. The number of hydrogen-bond donors (Lipinski definition) is 3. The van der Waals surface area contributed by atoms with Crippen LogP contribution >= 0.6 is 12.4 Å². The topological polar surface area (TPSA) is 99.4 Å². The van der Waals surface area contributed by atoms with Crippen molar-refractivity contribution in [1.29, 1.82) is 0 Å². The summed E-state index contributed by atoms with van der Waals surface area (Å²) in [6, 6.07) is 7.24. The van der Waals surface area contributed by atoms with Gasteiger partial charge >= 0.3 is 5.97 Å². The van der Waals surface area contributed by atoms with Crippen LogP contribution in [0.3, 0.4) is 0 Å². The highest BCUT2D eigenvalue weighted by atomic mass is 35.5. The number of halogens is 1. The number of carboxylic acid groups (broad SMARTS) is 1. The van der Waals surface area contributed by atoms with E-state index < -0.39 is 5.97 Å². The lowest BCUT2D eigenvalue weighted by Crippen LogP contribution is -2.36. The maximum atomic E-state index is 13.4. The van der Waals surface area contributed by atoms with E-state index in [2.05, 4.69) is 4.98 Å². The highest BCUT2D eigenvalue weighted by Crippen LogP contribution is 2.40. The van der Waals surface area contributed by atoms with Crippen molar-refractivity contribution < 1.29 is 14.7 Å². The minimum atomic E-state index is -0.989. The predicted molar refractivity (Wildman–Crippen MR) is 121 cm³/mol. The van der Waals surface area contributed by atoms with Crippen LogP contribution in [-0.4, -0.2) is 34.6 Å². The Morgan fingerprint density at radius 1 is 1.23 bits per heavy atom. The third-order valence-corrected chi connectivity index (χ3v) is 6.11. The van der Waals surface area contributed by atoms with Gasteiger partial charge in [-0.15, -0.1) is 12.4 Å². The molecule has 4 N–H and O–H groups in total. The van der Waals surface area contributed by atoms with Gasteiger partial charge in [-0.2, -0.15) is 0 Å². The Bertz CT molecular complexity index is 1000. The summed E-state index contributed by atoms with van der Waals surface area (Å²) in [4.78, 5) is 29.9. The minimum absolute atomic E-state index is 0. The number of nitrogens with two attached hydrogens (primary N) is 1. The molecule has 2 heterocycles. The number of aromatic nitrogens is 1. The Hall–Kier alpha value is -2.57. The summed E-state index contributed by atoms with van der Waals surface area (Å²) in [6.07, 6.45) is 5.82. The fourth-order valence-corrected chi connectivity index (χ4v) is 4.48. The van der Waals surface area contributed by atoms with Gasteiger partial charge in [0.05, 0.1) is 16.8 Å². The molecule has 30 heavy (non-hydrogen) atoms. The number of aryl methyl sites for hydroxylation is 2. The van der Waals surface area contributed by atoms with Gasteiger partial charge in [0.15, 0.2) is 0 Å². The van der Waals surface area contributed by atoms with Crippen molar-refractivity contribution in [2.24, 2.45) is 11.7 Å². The van der Waals surface area contributed by atoms with E-state index in [0.717, 1.165) is 48.2 Å². The molecule has 1 fully saturated rings. The fourth-order valence-electron chi connectivity index (χ4n) is 4.48. The molecule has 1 aromatic carbocycles. The van der Waals surface area contributed by atoms with Gasteiger partial charge in [-0.25, -0.2) is 4.79 Å². The van der Waals surface area contributed by atoms with E-state index in [1.807, 2.05) is 26.0 Å². The molecule has 0 atom stereocenters. The molecule has 0 bridgehead atoms. The van der Waals surface area contributed by atoms with E-state index in [-0.39, 0.29) is 29.9 Å². The van der Waals surface area contributed by atoms with Crippen LogP contribution in [0.4, 0.5) is 5.69 Å². The summed E-state index contributed by atoms with van der Waals surface area (Å²) in [5.41, 5.74) is 11.3. The smallest absolute Gasteiger partial charge is 0.335 e. The number of fused-ring (bicyclic) bond motifs is 1. The third-order valence-electron chi connectivity index (χ3n) is 6.11. The quantitative estimate of drug-likeness (QED) is 0.635. The number of benzene rings is 1. The largest absolute Gasteiger partial charge is 0.478 e. The maximum absolute atomic E-state index is 13.4. The fraction of sp³-hybridized carbons (Fsp3) is 0.391. The van der Waals surface area contributed by atoms with Crippen LogP contribution in [0.15, 0.2) is 24.3 Å². The summed E-state index contributed by atoms with van der Waals surface area (Å²) >= 11 is 0. The molecule has 2 aliphatic rings. The number of carbonyl (C=O) groups is 2. The second-order valence-corrected chi connectivity index (χ2v) is 8.34. The molecule has 160 valence electrons. The predicted octanol–water partition coefficient (Wildman–Crippen LogP) is 4.16. The average Bonchev–Trinajstić information content (AvgIpc) is 3.13. The van der Waals surface area contributed by atoms with Crippen molar-refractivity contribution in [1.82, 2.24) is 4.98 Å². The van der Waals surface area contributed by atoms with Crippen molar-refractivity contribution in [3.8, 4) is 0 Å². The minimum Gasteiger partial charge on any atom is -0.478 e. The summed E-state index contributed by atoms with van der Waals surface area (Å²) in [5, 5.41) is 9.42. The second-order valence-electron chi connectivity index (χ2n) is 8.34. The Morgan fingerprint density at radius 2 is 1.93 bits per heavy atom. The molecule has 1 amide bonds. The molecule has 1 aliphatic carbocycles. The van der Waals surface area contributed by atoms with Crippen molar-refractivity contribution in [2.45, 2.75) is 45.6 Å². The number of nitrogens with one attached hydrogen (secondary N) is 1. The number of rotatable bonds is 4. The molecule has 0 unspecified atom stereocenters. The SMILES string of the molecule is Cc1cc(C)c(/C=C2\C(=O)N(CC3CCC(N)CC3)c3cc(C(=O)O)ccc32)[nH]1.Cl. The van der Waals surface area contributed by atoms with Crippen molar-refractivity contribution in [3.05, 3.63) is 52.3 Å².